The van der Waals surface area contributed by atoms with Crippen LogP contribution in [0.5, 0.6) is 0 Å². The Hall–Kier alpha value is -2.78. The van der Waals surface area contributed by atoms with Crippen LogP contribution in [0.2, 0.25) is 0 Å². The van der Waals surface area contributed by atoms with E-state index >= 15 is 0 Å². The maximum absolute atomic E-state index is 13.0. The van der Waals surface area contributed by atoms with Crippen molar-refractivity contribution in [2.75, 3.05) is 0 Å². The monoisotopic (exact) mass is 468 g/mol. The summed E-state index contributed by atoms with van der Waals surface area (Å²) in [4.78, 5) is 25.8. The van der Waals surface area contributed by atoms with Gasteiger partial charge in [0.05, 0.1) is 11.1 Å². The van der Waals surface area contributed by atoms with Crippen molar-refractivity contribution in [1.82, 2.24) is 0 Å². The highest BCUT2D eigenvalue weighted by Crippen LogP contribution is 2.46. The molecule has 0 radical (unpaired) electrons. The van der Waals surface area contributed by atoms with Crippen LogP contribution in [0.15, 0.2) is 60.7 Å². The number of aliphatic hydroxyl groups excluding tert-OH is 2. The first-order chi connectivity index (χ1) is 16.5. The maximum atomic E-state index is 13.0. The Kier molecular flexibility index (Phi) is 6.40. The highest BCUT2D eigenvalue weighted by molar-refractivity contribution is 5.90. The zero-order valence-corrected chi connectivity index (χ0v) is 18.6. The van der Waals surface area contributed by atoms with Crippen LogP contribution in [0.1, 0.15) is 52.8 Å². The summed E-state index contributed by atoms with van der Waals surface area (Å²) in [5.41, 5.74) is 0.575. The van der Waals surface area contributed by atoms with Crippen LogP contribution in [0, 0.1) is 0 Å². The van der Waals surface area contributed by atoms with Gasteiger partial charge in [-0.2, -0.15) is 0 Å². The minimum atomic E-state index is -1.54. The number of hydrogen-bond donors (Lipinski definition) is 2. The average molecular weight is 469 g/mol. The number of benzene rings is 2. The number of fused-ring (bicyclic) bond motifs is 1. The number of esters is 2. The molecule has 6 atom stereocenters. The predicted molar refractivity (Wildman–Crippen MR) is 119 cm³/mol. The fraction of sp³-hybridized carbons (Fsp3) is 0.462. The van der Waals surface area contributed by atoms with Gasteiger partial charge in [0.1, 0.15) is 24.4 Å². The quantitative estimate of drug-likeness (QED) is 0.659. The lowest BCUT2D eigenvalue weighted by molar-refractivity contribution is -0.203. The summed E-state index contributed by atoms with van der Waals surface area (Å²) in [5, 5.41) is 21.9. The first-order valence-corrected chi connectivity index (χ1v) is 11.7. The molecule has 1 heterocycles. The summed E-state index contributed by atoms with van der Waals surface area (Å²) in [5.74, 6) is -2.27. The first kappa shape index (κ1) is 23.0. The second kappa shape index (κ2) is 9.46. The fourth-order valence-electron chi connectivity index (χ4n) is 5.07. The SMILES string of the molecule is O=C(O[C@@H]1[C@@H]2OC3(CCCCC3)O[C@@H]2[C@@H](O)[C@H](O)[C@H]1OC(=O)c1ccccc1)c1ccccc1. The molecule has 34 heavy (non-hydrogen) atoms. The number of hydrogen-bond acceptors (Lipinski definition) is 8. The maximum Gasteiger partial charge on any atom is 0.338 e. The van der Waals surface area contributed by atoms with Crippen molar-refractivity contribution in [3.05, 3.63) is 71.8 Å². The Morgan fingerprint density at radius 1 is 0.706 bits per heavy atom. The summed E-state index contributed by atoms with van der Waals surface area (Å²) < 4.78 is 23.9. The lowest BCUT2D eigenvalue weighted by atomic mass is 9.84. The number of aliphatic hydroxyl groups is 2. The molecule has 0 aromatic heterocycles. The Balaban J connectivity index is 1.45. The van der Waals surface area contributed by atoms with E-state index in [0.717, 1.165) is 19.3 Å². The van der Waals surface area contributed by atoms with Crippen LogP contribution < -0.4 is 0 Å². The van der Waals surface area contributed by atoms with E-state index in [9.17, 15) is 19.8 Å². The van der Waals surface area contributed by atoms with E-state index in [-0.39, 0.29) is 5.56 Å². The Labute approximate surface area is 197 Å². The third-order valence-electron chi connectivity index (χ3n) is 6.82. The molecule has 5 rings (SSSR count). The smallest absolute Gasteiger partial charge is 0.338 e. The average Bonchev–Trinajstić information content (AvgIpc) is 3.24. The summed E-state index contributed by atoms with van der Waals surface area (Å²) in [6.07, 6.45) is -3.14. The van der Waals surface area contributed by atoms with E-state index in [2.05, 4.69) is 0 Å². The minimum absolute atomic E-state index is 0.270. The van der Waals surface area contributed by atoms with Crippen molar-refractivity contribution in [2.24, 2.45) is 0 Å². The van der Waals surface area contributed by atoms with Crippen LogP contribution >= 0.6 is 0 Å². The molecule has 3 fully saturated rings. The molecular formula is C26H28O8. The largest absolute Gasteiger partial charge is 0.452 e. The van der Waals surface area contributed by atoms with Gasteiger partial charge in [-0.3, -0.25) is 0 Å². The number of carbonyl (C=O) groups excluding carboxylic acids is 2. The molecule has 0 unspecified atom stereocenters. The molecule has 0 bridgehead atoms. The van der Waals surface area contributed by atoms with Gasteiger partial charge in [0.2, 0.25) is 0 Å². The fourth-order valence-corrected chi connectivity index (χ4v) is 5.07. The molecule has 8 heteroatoms. The van der Waals surface area contributed by atoms with Crippen molar-refractivity contribution in [2.45, 2.75) is 74.5 Å². The zero-order valence-electron chi connectivity index (χ0n) is 18.6. The second-order valence-corrected chi connectivity index (χ2v) is 9.09. The summed E-state index contributed by atoms with van der Waals surface area (Å²) in [6, 6.07) is 16.7. The van der Waals surface area contributed by atoms with Crippen LogP contribution in [-0.2, 0) is 18.9 Å². The van der Waals surface area contributed by atoms with Gasteiger partial charge in [-0.1, -0.05) is 42.8 Å². The van der Waals surface area contributed by atoms with E-state index in [4.69, 9.17) is 18.9 Å². The van der Waals surface area contributed by atoms with Crippen molar-refractivity contribution in [1.29, 1.82) is 0 Å². The minimum Gasteiger partial charge on any atom is -0.452 e. The van der Waals surface area contributed by atoms with E-state index in [1.165, 1.54) is 0 Å². The molecule has 1 aliphatic heterocycles. The highest BCUT2D eigenvalue weighted by Gasteiger charge is 2.62. The van der Waals surface area contributed by atoms with Gasteiger partial charge in [0.15, 0.2) is 18.0 Å². The first-order valence-electron chi connectivity index (χ1n) is 11.7. The lowest BCUT2D eigenvalue weighted by Gasteiger charge is -2.42. The molecule has 2 aromatic carbocycles. The number of ether oxygens (including phenoxy) is 4. The number of carbonyl (C=O) groups is 2. The zero-order chi connectivity index (χ0) is 23.7. The molecule has 3 aliphatic rings. The van der Waals surface area contributed by atoms with E-state index < -0.39 is 54.3 Å². The third kappa shape index (κ3) is 4.34. The van der Waals surface area contributed by atoms with E-state index in [1.807, 2.05) is 0 Å². The van der Waals surface area contributed by atoms with Gasteiger partial charge in [0, 0.05) is 12.8 Å². The normalized spacial score (nSPS) is 32.1. The molecule has 2 aromatic rings. The molecular weight excluding hydrogens is 440 g/mol. The molecule has 2 saturated carbocycles. The Morgan fingerprint density at radius 2 is 1.21 bits per heavy atom. The lowest BCUT2D eigenvalue weighted by Crippen LogP contribution is -2.64. The van der Waals surface area contributed by atoms with Gasteiger partial charge in [-0.05, 0) is 37.1 Å². The van der Waals surface area contributed by atoms with Gasteiger partial charge >= 0.3 is 11.9 Å². The van der Waals surface area contributed by atoms with Crippen LogP contribution in [-0.4, -0.2) is 64.6 Å². The summed E-state index contributed by atoms with van der Waals surface area (Å²) in [7, 11) is 0. The van der Waals surface area contributed by atoms with Crippen LogP contribution in [0.25, 0.3) is 0 Å². The van der Waals surface area contributed by atoms with Crippen LogP contribution in [0.3, 0.4) is 0 Å². The van der Waals surface area contributed by atoms with E-state index in [1.54, 1.807) is 60.7 Å². The molecule has 1 saturated heterocycles. The van der Waals surface area contributed by atoms with Gasteiger partial charge in [-0.25, -0.2) is 9.59 Å². The van der Waals surface area contributed by atoms with Gasteiger partial charge < -0.3 is 29.2 Å². The van der Waals surface area contributed by atoms with Crippen molar-refractivity contribution in [3.8, 4) is 0 Å². The number of rotatable bonds is 4. The summed E-state index contributed by atoms with van der Waals surface area (Å²) in [6.45, 7) is 0. The topological polar surface area (TPSA) is 112 Å². The van der Waals surface area contributed by atoms with Crippen LogP contribution in [0.4, 0.5) is 0 Å². The molecule has 2 aliphatic carbocycles. The van der Waals surface area contributed by atoms with Gasteiger partial charge in [0.25, 0.3) is 0 Å². The second-order valence-electron chi connectivity index (χ2n) is 9.09. The molecule has 8 nitrogen and oxygen atoms in total. The Morgan fingerprint density at radius 3 is 1.76 bits per heavy atom. The summed E-state index contributed by atoms with van der Waals surface area (Å²) >= 11 is 0. The molecule has 2 N–H and O–H groups in total. The third-order valence-corrected chi connectivity index (χ3v) is 6.82. The Bertz CT molecular complexity index is 1000. The van der Waals surface area contributed by atoms with Crippen molar-refractivity contribution >= 4 is 11.9 Å². The predicted octanol–water partition coefficient (Wildman–Crippen LogP) is 2.62. The standard InChI is InChI=1S/C26H28O8/c27-18-19(28)21-23(34-26(33-21)14-8-3-9-15-26)22(32-25(30)17-12-6-2-7-13-17)20(18)31-24(29)16-10-4-1-5-11-16/h1-2,4-7,10-13,18-23,27-28H,3,8-9,14-15H2/t18-,19-,20+,21+,22-,23+/m0/s1. The van der Waals surface area contributed by atoms with Crippen molar-refractivity contribution in [3.63, 3.8) is 0 Å². The molecule has 180 valence electrons. The molecule has 0 amide bonds. The van der Waals surface area contributed by atoms with Crippen molar-refractivity contribution < 1.29 is 38.7 Å². The molecule has 1 spiro atoms. The van der Waals surface area contributed by atoms with Gasteiger partial charge in [-0.15, -0.1) is 0 Å². The van der Waals surface area contributed by atoms with E-state index in [0.29, 0.717) is 18.4 Å². The highest BCUT2D eigenvalue weighted by atomic mass is 16.8.